The number of hydrogen-bond donors (Lipinski definition) is 2. The van der Waals surface area contributed by atoms with Crippen molar-refractivity contribution in [2.75, 3.05) is 19.7 Å². The predicted molar refractivity (Wildman–Crippen MR) is 113 cm³/mol. The van der Waals surface area contributed by atoms with Crippen LogP contribution in [0.5, 0.6) is 5.75 Å². The molecule has 2 N–H and O–H groups in total. The van der Waals surface area contributed by atoms with Crippen molar-refractivity contribution in [1.29, 1.82) is 0 Å². The van der Waals surface area contributed by atoms with E-state index in [1.165, 1.54) is 12.8 Å². The van der Waals surface area contributed by atoms with Crippen molar-refractivity contribution in [3.63, 3.8) is 0 Å². The first kappa shape index (κ1) is 20.4. The molecule has 0 saturated carbocycles. The lowest BCUT2D eigenvalue weighted by Crippen LogP contribution is -2.36. The van der Waals surface area contributed by atoms with Gasteiger partial charge in [0.15, 0.2) is 0 Å². The van der Waals surface area contributed by atoms with Crippen molar-refractivity contribution in [3.05, 3.63) is 65.7 Å². The molecule has 4 heteroatoms. The van der Waals surface area contributed by atoms with Crippen molar-refractivity contribution < 1.29 is 9.53 Å². The highest BCUT2D eigenvalue weighted by Gasteiger charge is 2.24. The average Bonchev–Trinajstić information content (AvgIpc) is 2.74. The summed E-state index contributed by atoms with van der Waals surface area (Å²) in [5.74, 6) is 1.92. The van der Waals surface area contributed by atoms with E-state index < -0.39 is 0 Å². The lowest BCUT2D eigenvalue weighted by Gasteiger charge is -2.28. The number of benzene rings is 2. The summed E-state index contributed by atoms with van der Waals surface area (Å²) in [5, 5.41) is 6.72. The minimum Gasteiger partial charge on any atom is -0.494 e. The van der Waals surface area contributed by atoms with E-state index in [1.807, 2.05) is 49.4 Å². The molecule has 0 aliphatic carbocycles. The third-order valence-corrected chi connectivity index (χ3v) is 5.61. The minimum atomic E-state index is -0.152. The van der Waals surface area contributed by atoms with Gasteiger partial charge in [-0.3, -0.25) is 4.79 Å². The van der Waals surface area contributed by atoms with Crippen LogP contribution in [0.25, 0.3) is 0 Å². The number of piperidine rings is 1. The fourth-order valence-electron chi connectivity index (χ4n) is 3.97. The van der Waals surface area contributed by atoms with Crippen LogP contribution in [0.3, 0.4) is 0 Å². The third kappa shape index (κ3) is 5.59. The van der Waals surface area contributed by atoms with Gasteiger partial charge < -0.3 is 15.4 Å². The van der Waals surface area contributed by atoms with Crippen LogP contribution < -0.4 is 15.4 Å². The molecule has 4 nitrogen and oxygen atoms in total. The van der Waals surface area contributed by atoms with Gasteiger partial charge >= 0.3 is 0 Å². The summed E-state index contributed by atoms with van der Waals surface area (Å²) >= 11 is 0. The molecular weight excluding hydrogens is 348 g/mol. The fraction of sp³-hybridized carbons (Fsp3) is 0.458. The topological polar surface area (TPSA) is 50.4 Å². The molecular formula is C24H32N2O2. The molecule has 1 heterocycles. The summed E-state index contributed by atoms with van der Waals surface area (Å²) in [4.78, 5) is 12.9. The molecule has 0 spiro atoms. The molecule has 28 heavy (non-hydrogen) atoms. The molecule has 3 atom stereocenters. The Morgan fingerprint density at radius 3 is 2.50 bits per heavy atom. The van der Waals surface area contributed by atoms with Crippen molar-refractivity contribution >= 4 is 5.91 Å². The smallest absolute Gasteiger partial charge is 0.221 e. The van der Waals surface area contributed by atoms with Crippen LogP contribution in [0.4, 0.5) is 0 Å². The summed E-state index contributed by atoms with van der Waals surface area (Å²) < 4.78 is 5.55. The second-order valence-corrected chi connectivity index (χ2v) is 7.70. The van der Waals surface area contributed by atoms with E-state index in [4.69, 9.17) is 4.74 Å². The molecule has 150 valence electrons. The van der Waals surface area contributed by atoms with E-state index in [2.05, 4.69) is 29.7 Å². The quantitative estimate of drug-likeness (QED) is 0.717. The van der Waals surface area contributed by atoms with E-state index in [0.717, 1.165) is 30.0 Å². The second kappa shape index (κ2) is 10.3. The summed E-state index contributed by atoms with van der Waals surface area (Å²) in [6.45, 7) is 6.94. The maximum atomic E-state index is 12.9. The molecule has 1 saturated heterocycles. The Morgan fingerprint density at radius 2 is 1.86 bits per heavy atom. The monoisotopic (exact) mass is 380 g/mol. The first-order valence-electron chi connectivity index (χ1n) is 10.4. The lowest BCUT2D eigenvalue weighted by atomic mass is 9.85. The van der Waals surface area contributed by atoms with E-state index in [9.17, 15) is 4.79 Å². The maximum absolute atomic E-state index is 12.9. The zero-order chi connectivity index (χ0) is 19.8. The third-order valence-electron chi connectivity index (χ3n) is 5.61. The molecule has 1 aliphatic heterocycles. The molecule has 2 aromatic rings. The molecule has 3 unspecified atom stereocenters. The van der Waals surface area contributed by atoms with Crippen LogP contribution >= 0.6 is 0 Å². The van der Waals surface area contributed by atoms with Gasteiger partial charge in [-0.2, -0.15) is 0 Å². The molecule has 3 rings (SSSR count). The number of carbonyl (C=O) groups is 1. The van der Waals surface area contributed by atoms with Crippen molar-refractivity contribution in [2.45, 2.75) is 39.2 Å². The largest absolute Gasteiger partial charge is 0.494 e. The van der Waals surface area contributed by atoms with Crippen molar-refractivity contribution in [3.8, 4) is 5.75 Å². The van der Waals surface area contributed by atoms with Crippen LogP contribution in [-0.4, -0.2) is 25.6 Å². The molecule has 0 bridgehead atoms. The highest BCUT2D eigenvalue weighted by Crippen LogP contribution is 2.26. The minimum absolute atomic E-state index is 0.112. The van der Waals surface area contributed by atoms with E-state index in [-0.39, 0.29) is 11.9 Å². The first-order chi connectivity index (χ1) is 13.7. The summed E-state index contributed by atoms with van der Waals surface area (Å²) in [5.41, 5.74) is 2.15. The van der Waals surface area contributed by atoms with Gasteiger partial charge in [-0.25, -0.2) is 0 Å². The number of ether oxygens (including phenoxy) is 1. The van der Waals surface area contributed by atoms with E-state index in [0.29, 0.717) is 24.9 Å². The van der Waals surface area contributed by atoms with Gasteiger partial charge in [-0.05, 0) is 68.0 Å². The molecule has 1 amide bonds. The Bertz CT molecular complexity index is 724. The van der Waals surface area contributed by atoms with Gasteiger partial charge in [0.2, 0.25) is 5.91 Å². The van der Waals surface area contributed by atoms with Gasteiger partial charge in [-0.15, -0.1) is 0 Å². The van der Waals surface area contributed by atoms with Crippen LogP contribution in [-0.2, 0) is 4.79 Å². The predicted octanol–water partition coefficient (Wildman–Crippen LogP) is 4.32. The van der Waals surface area contributed by atoms with E-state index >= 15 is 0 Å². The average molecular weight is 381 g/mol. The Kier molecular flexibility index (Phi) is 7.49. The lowest BCUT2D eigenvalue weighted by molar-refractivity contribution is -0.122. The highest BCUT2D eigenvalue weighted by molar-refractivity contribution is 5.77. The molecule has 2 aromatic carbocycles. The van der Waals surface area contributed by atoms with Crippen LogP contribution in [0, 0.1) is 11.8 Å². The molecule has 0 radical (unpaired) electrons. The zero-order valence-corrected chi connectivity index (χ0v) is 17.0. The van der Waals surface area contributed by atoms with Gasteiger partial charge in [0.1, 0.15) is 5.75 Å². The summed E-state index contributed by atoms with van der Waals surface area (Å²) in [6, 6.07) is 18.0. The number of carbonyl (C=O) groups excluding carboxylic acids is 1. The molecule has 0 aromatic heterocycles. The van der Waals surface area contributed by atoms with Gasteiger partial charge in [0, 0.05) is 6.42 Å². The van der Waals surface area contributed by atoms with Crippen molar-refractivity contribution in [2.24, 2.45) is 11.8 Å². The normalized spacial score (nSPS) is 18.9. The van der Waals surface area contributed by atoms with Gasteiger partial charge in [0.05, 0.1) is 12.6 Å². The van der Waals surface area contributed by atoms with Crippen LogP contribution in [0.1, 0.15) is 50.3 Å². The maximum Gasteiger partial charge on any atom is 0.221 e. The SMILES string of the molecule is CCOc1ccc(C(NC(=O)CC(C)C2CCCNC2)c2ccccc2)cc1. The number of hydrogen-bond acceptors (Lipinski definition) is 3. The molecule has 1 aliphatic rings. The first-order valence-corrected chi connectivity index (χ1v) is 10.4. The molecule has 1 fully saturated rings. The van der Waals surface area contributed by atoms with Gasteiger partial charge in [-0.1, -0.05) is 49.4 Å². The van der Waals surface area contributed by atoms with Crippen LogP contribution in [0.2, 0.25) is 0 Å². The summed E-state index contributed by atoms with van der Waals surface area (Å²) in [7, 11) is 0. The van der Waals surface area contributed by atoms with Crippen molar-refractivity contribution in [1.82, 2.24) is 10.6 Å². The Hall–Kier alpha value is -2.33. The Labute approximate surface area is 168 Å². The Balaban J connectivity index is 1.71. The number of nitrogens with one attached hydrogen (secondary N) is 2. The van der Waals surface area contributed by atoms with E-state index in [1.54, 1.807) is 0 Å². The van der Waals surface area contributed by atoms with Gasteiger partial charge in [0.25, 0.3) is 0 Å². The van der Waals surface area contributed by atoms with Crippen LogP contribution in [0.15, 0.2) is 54.6 Å². The number of amides is 1. The fourth-order valence-corrected chi connectivity index (χ4v) is 3.97. The Morgan fingerprint density at radius 1 is 1.14 bits per heavy atom. The zero-order valence-electron chi connectivity index (χ0n) is 17.0. The highest BCUT2D eigenvalue weighted by atomic mass is 16.5. The summed E-state index contributed by atoms with van der Waals surface area (Å²) in [6.07, 6.45) is 2.98. The standard InChI is InChI=1S/C24H32N2O2/c1-3-28-22-13-11-20(12-14-22)24(19-8-5-4-6-9-19)26-23(27)16-18(2)21-10-7-15-25-17-21/h4-6,8-9,11-14,18,21,24-25H,3,7,10,15-17H2,1-2H3,(H,26,27). The second-order valence-electron chi connectivity index (χ2n) is 7.70. The number of rotatable bonds is 8.